The van der Waals surface area contributed by atoms with Crippen LogP contribution in [0.5, 0.6) is 5.75 Å². The molecule has 1 saturated carbocycles. The predicted molar refractivity (Wildman–Crippen MR) is 83.1 cm³/mol. The summed E-state index contributed by atoms with van der Waals surface area (Å²) in [6, 6.07) is 8.09. The average Bonchev–Trinajstić information content (AvgIpc) is 2.39. The number of hydrogen-bond acceptors (Lipinski definition) is 3. The summed E-state index contributed by atoms with van der Waals surface area (Å²) in [5.41, 5.74) is 6.82. The number of thiocarbonyl (C=S) groups is 1. The van der Waals surface area contributed by atoms with Gasteiger partial charge in [-0.3, -0.25) is 0 Å². The first-order valence-corrected chi connectivity index (χ1v) is 7.74. The third-order valence-corrected chi connectivity index (χ3v) is 4.46. The summed E-state index contributed by atoms with van der Waals surface area (Å²) in [4.78, 5) is 0.523. The van der Waals surface area contributed by atoms with Gasteiger partial charge < -0.3 is 15.2 Å². The van der Waals surface area contributed by atoms with E-state index < -0.39 is 0 Å². The third-order valence-electron chi connectivity index (χ3n) is 4.32. The first-order chi connectivity index (χ1) is 9.65. The molecule has 108 valence electrons. The molecule has 0 radical (unpaired) electrons. The number of rotatable bonds is 4. The molecule has 3 nitrogen and oxygen atoms in total. The summed E-state index contributed by atoms with van der Waals surface area (Å²) in [6.45, 7) is 0.824. The zero-order valence-electron chi connectivity index (χ0n) is 11.6. The third kappa shape index (κ3) is 3.13. The molecule has 2 aliphatic rings. The summed E-state index contributed by atoms with van der Waals surface area (Å²) < 4.78 is 12.0. The molecule has 1 aliphatic heterocycles. The lowest BCUT2D eigenvalue weighted by Crippen LogP contribution is -2.48. The molecule has 1 saturated heterocycles. The lowest BCUT2D eigenvalue weighted by atomic mass is 9.74. The van der Waals surface area contributed by atoms with Gasteiger partial charge in [-0.2, -0.15) is 0 Å². The standard InChI is InChI=1S/C16H21NO2S/c17-15(20)10-12-2-4-13(5-3-12)19-14-6-9-18-16(11-14)7-1-8-16/h2-5,14H,1,6-11H2,(H2,17,20). The highest BCUT2D eigenvalue weighted by Crippen LogP contribution is 2.43. The summed E-state index contributed by atoms with van der Waals surface area (Å²) in [5.74, 6) is 0.929. The van der Waals surface area contributed by atoms with Gasteiger partial charge in [-0.15, -0.1) is 0 Å². The van der Waals surface area contributed by atoms with Crippen LogP contribution in [0, 0.1) is 0 Å². The zero-order chi connectivity index (χ0) is 14.0. The SMILES string of the molecule is NC(=S)Cc1ccc(OC2CCOC3(CCC3)C2)cc1. The molecular weight excluding hydrogens is 270 g/mol. The monoisotopic (exact) mass is 291 g/mol. The molecule has 1 atom stereocenters. The van der Waals surface area contributed by atoms with Crippen LogP contribution in [0.1, 0.15) is 37.7 Å². The summed E-state index contributed by atoms with van der Waals surface area (Å²) in [7, 11) is 0. The first-order valence-electron chi connectivity index (χ1n) is 7.33. The minimum Gasteiger partial charge on any atom is -0.490 e. The molecule has 2 N–H and O–H groups in total. The van der Waals surface area contributed by atoms with Gasteiger partial charge in [0.25, 0.3) is 0 Å². The van der Waals surface area contributed by atoms with E-state index in [0.29, 0.717) is 11.4 Å². The molecule has 1 aliphatic carbocycles. The van der Waals surface area contributed by atoms with Gasteiger partial charge in [0, 0.05) is 19.3 Å². The van der Waals surface area contributed by atoms with E-state index in [1.54, 1.807) is 0 Å². The Bertz CT molecular complexity index is 482. The maximum Gasteiger partial charge on any atom is 0.119 e. The van der Waals surface area contributed by atoms with Gasteiger partial charge in [0.05, 0.1) is 17.2 Å². The minimum absolute atomic E-state index is 0.134. The van der Waals surface area contributed by atoms with Crippen LogP contribution < -0.4 is 10.5 Å². The Morgan fingerprint density at radius 2 is 2.10 bits per heavy atom. The lowest BCUT2D eigenvalue weighted by molar-refractivity contribution is -0.153. The quantitative estimate of drug-likeness (QED) is 0.866. The van der Waals surface area contributed by atoms with Gasteiger partial charge in [-0.25, -0.2) is 0 Å². The van der Waals surface area contributed by atoms with Crippen LogP contribution in [0.4, 0.5) is 0 Å². The van der Waals surface area contributed by atoms with Crippen LogP contribution in [0.2, 0.25) is 0 Å². The van der Waals surface area contributed by atoms with E-state index in [9.17, 15) is 0 Å². The first kappa shape index (κ1) is 13.8. The van der Waals surface area contributed by atoms with Crippen molar-refractivity contribution in [1.29, 1.82) is 0 Å². The van der Waals surface area contributed by atoms with Crippen LogP contribution >= 0.6 is 12.2 Å². The fourth-order valence-electron chi connectivity index (χ4n) is 3.08. The molecule has 1 aromatic carbocycles. The van der Waals surface area contributed by atoms with Gasteiger partial charge in [0.2, 0.25) is 0 Å². The van der Waals surface area contributed by atoms with Crippen LogP contribution in [0.3, 0.4) is 0 Å². The minimum atomic E-state index is 0.134. The molecule has 2 fully saturated rings. The van der Waals surface area contributed by atoms with Crippen LogP contribution in [0.25, 0.3) is 0 Å². The van der Waals surface area contributed by atoms with Gasteiger partial charge in [0.1, 0.15) is 11.9 Å². The highest BCUT2D eigenvalue weighted by molar-refractivity contribution is 7.80. The highest BCUT2D eigenvalue weighted by Gasteiger charge is 2.43. The topological polar surface area (TPSA) is 44.5 Å². The second-order valence-electron chi connectivity index (χ2n) is 5.90. The molecule has 3 rings (SSSR count). The molecule has 20 heavy (non-hydrogen) atoms. The normalized spacial score (nSPS) is 24.1. The summed E-state index contributed by atoms with van der Waals surface area (Å²) >= 11 is 4.92. The molecular formula is C16H21NO2S. The molecule has 1 aromatic rings. The van der Waals surface area contributed by atoms with Crippen molar-refractivity contribution < 1.29 is 9.47 Å². The number of ether oxygens (including phenoxy) is 2. The Morgan fingerprint density at radius 1 is 1.35 bits per heavy atom. The van der Waals surface area contributed by atoms with Crippen molar-refractivity contribution >= 4 is 17.2 Å². The van der Waals surface area contributed by atoms with Crippen molar-refractivity contribution in [3.63, 3.8) is 0 Å². The Labute approximate surface area is 125 Å². The van der Waals surface area contributed by atoms with Gasteiger partial charge in [-0.05, 0) is 37.0 Å². The van der Waals surface area contributed by atoms with Crippen LogP contribution in [0.15, 0.2) is 24.3 Å². The van der Waals surface area contributed by atoms with E-state index in [0.717, 1.165) is 30.8 Å². The molecule has 0 amide bonds. The van der Waals surface area contributed by atoms with Crippen LogP contribution in [-0.4, -0.2) is 23.3 Å². The van der Waals surface area contributed by atoms with E-state index in [2.05, 4.69) is 0 Å². The Balaban J connectivity index is 1.58. The van der Waals surface area contributed by atoms with Crippen LogP contribution in [-0.2, 0) is 11.2 Å². The number of hydrogen-bond donors (Lipinski definition) is 1. The van der Waals surface area contributed by atoms with E-state index in [1.165, 1.54) is 19.3 Å². The smallest absolute Gasteiger partial charge is 0.119 e. The highest BCUT2D eigenvalue weighted by atomic mass is 32.1. The largest absolute Gasteiger partial charge is 0.490 e. The fourth-order valence-corrected chi connectivity index (χ4v) is 3.25. The van der Waals surface area contributed by atoms with Crippen molar-refractivity contribution in [3.8, 4) is 5.75 Å². The van der Waals surface area contributed by atoms with Crippen molar-refractivity contribution in [2.75, 3.05) is 6.61 Å². The number of benzene rings is 1. The lowest BCUT2D eigenvalue weighted by Gasteiger charge is -2.46. The predicted octanol–water partition coefficient (Wildman–Crippen LogP) is 3.00. The zero-order valence-corrected chi connectivity index (χ0v) is 12.5. The summed E-state index contributed by atoms with van der Waals surface area (Å²) in [6.07, 6.45) is 6.62. The Morgan fingerprint density at radius 3 is 2.70 bits per heavy atom. The van der Waals surface area contributed by atoms with E-state index in [1.807, 2.05) is 24.3 Å². The van der Waals surface area contributed by atoms with E-state index in [-0.39, 0.29) is 11.7 Å². The molecule has 1 spiro atoms. The molecule has 0 bridgehead atoms. The summed E-state index contributed by atoms with van der Waals surface area (Å²) in [5, 5.41) is 0. The van der Waals surface area contributed by atoms with E-state index in [4.69, 9.17) is 27.4 Å². The number of nitrogens with two attached hydrogens (primary N) is 1. The van der Waals surface area contributed by atoms with Gasteiger partial charge >= 0.3 is 0 Å². The van der Waals surface area contributed by atoms with Crippen molar-refractivity contribution in [1.82, 2.24) is 0 Å². The Hall–Kier alpha value is -1.13. The molecule has 0 aromatic heterocycles. The van der Waals surface area contributed by atoms with Gasteiger partial charge in [-0.1, -0.05) is 24.4 Å². The fraction of sp³-hybridized carbons (Fsp3) is 0.562. The van der Waals surface area contributed by atoms with Gasteiger partial charge in [0.15, 0.2) is 0 Å². The second kappa shape index (κ2) is 5.70. The van der Waals surface area contributed by atoms with E-state index >= 15 is 0 Å². The maximum absolute atomic E-state index is 6.10. The Kier molecular flexibility index (Phi) is 3.94. The average molecular weight is 291 g/mol. The maximum atomic E-state index is 6.10. The second-order valence-corrected chi connectivity index (χ2v) is 6.43. The van der Waals surface area contributed by atoms with Crippen molar-refractivity contribution in [2.24, 2.45) is 5.73 Å². The molecule has 1 unspecified atom stereocenters. The molecule has 1 heterocycles. The van der Waals surface area contributed by atoms with Crippen molar-refractivity contribution in [3.05, 3.63) is 29.8 Å². The molecule has 4 heteroatoms. The van der Waals surface area contributed by atoms with Crippen molar-refractivity contribution in [2.45, 2.75) is 50.2 Å².